The number of aliphatic carboxylic acids is 1. The van der Waals surface area contributed by atoms with Crippen molar-refractivity contribution in [3.8, 4) is 0 Å². The van der Waals surface area contributed by atoms with E-state index in [-0.39, 0.29) is 18.4 Å². The van der Waals surface area contributed by atoms with E-state index in [0.29, 0.717) is 19.1 Å². The summed E-state index contributed by atoms with van der Waals surface area (Å²) in [7, 11) is 0. The summed E-state index contributed by atoms with van der Waals surface area (Å²) in [4.78, 5) is 24.4. The molecule has 0 unspecified atom stereocenters. The fourth-order valence-corrected chi connectivity index (χ4v) is 2.92. The Morgan fingerprint density at radius 2 is 1.72 bits per heavy atom. The van der Waals surface area contributed by atoms with E-state index >= 15 is 0 Å². The number of carboxylic acid groups (broad SMARTS) is 1. The molecule has 2 fully saturated rings. The van der Waals surface area contributed by atoms with Crippen LogP contribution >= 0.6 is 0 Å². The molecule has 0 aromatic rings. The third kappa shape index (κ3) is 3.62. The Bertz CT molecular complexity index is 305. The van der Waals surface area contributed by atoms with Gasteiger partial charge in [0.15, 0.2) is 0 Å². The van der Waals surface area contributed by atoms with Crippen molar-refractivity contribution in [3.05, 3.63) is 0 Å². The molecule has 5 heteroatoms. The van der Waals surface area contributed by atoms with Gasteiger partial charge in [-0.3, -0.25) is 4.79 Å². The predicted octanol–water partition coefficient (Wildman–Crippen LogP) is 1.83. The van der Waals surface area contributed by atoms with Crippen LogP contribution in [0.1, 0.15) is 44.9 Å². The van der Waals surface area contributed by atoms with Crippen molar-refractivity contribution in [3.63, 3.8) is 0 Å². The molecule has 0 bridgehead atoms. The highest BCUT2D eigenvalue weighted by Crippen LogP contribution is 2.22. The summed E-state index contributed by atoms with van der Waals surface area (Å²) in [5, 5.41) is 11.8. The lowest BCUT2D eigenvalue weighted by molar-refractivity contribution is -0.138. The Labute approximate surface area is 108 Å². The maximum absolute atomic E-state index is 12.0. The van der Waals surface area contributed by atoms with E-state index in [2.05, 4.69) is 5.32 Å². The average molecular weight is 254 g/mol. The first-order chi connectivity index (χ1) is 8.65. The minimum atomic E-state index is -0.733. The molecule has 1 heterocycles. The van der Waals surface area contributed by atoms with E-state index in [1.165, 1.54) is 12.8 Å². The van der Waals surface area contributed by atoms with Crippen molar-refractivity contribution in [2.24, 2.45) is 5.92 Å². The number of hydrogen-bond acceptors (Lipinski definition) is 2. The maximum atomic E-state index is 12.0. The Balaban J connectivity index is 1.71. The van der Waals surface area contributed by atoms with Gasteiger partial charge in [-0.25, -0.2) is 4.79 Å². The van der Waals surface area contributed by atoms with Gasteiger partial charge in [0.05, 0.1) is 0 Å². The van der Waals surface area contributed by atoms with Gasteiger partial charge in [-0.1, -0.05) is 12.8 Å². The number of amides is 2. The molecule has 0 radical (unpaired) electrons. The van der Waals surface area contributed by atoms with Crippen molar-refractivity contribution >= 4 is 12.0 Å². The number of nitrogens with one attached hydrogen (secondary N) is 1. The van der Waals surface area contributed by atoms with E-state index in [1.54, 1.807) is 0 Å². The van der Waals surface area contributed by atoms with Crippen LogP contribution in [0, 0.1) is 5.92 Å². The minimum Gasteiger partial charge on any atom is -0.481 e. The van der Waals surface area contributed by atoms with Gasteiger partial charge in [0, 0.05) is 25.6 Å². The molecule has 102 valence electrons. The summed E-state index contributed by atoms with van der Waals surface area (Å²) in [6.07, 6.45) is 6.48. The largest absolute Gasteiger partial charge is 0.481 e. The molecule has 2 rings (SSSR count). The molecule has 18 heavy (non-hydrogen) atoms. The number of piperidine rings is 1. The molecule has 0 aromatic heterocycles. The third-order valence-electron chi connectivity index (χ3n) is 4.05. The van der Waals surface area contributed by atoms with E-state index < -0.39 is 5.97 Å². The lowest BCUT2D eigenvalue weighted by atomic mass is 9.94. The fraction of sp³-hybridized carbons (Fsp3) is 0.846. The second-order valence-electron chi connectivity index (χ2n) is 5.46. The summed E-state index contributed by atoms with van der Waals surface area (Å²) in [5.74, 6) is -0.498. The number of rotatable bonds is 3. The normalized spacial score (nSPS) is 22.1. The van der Waals surface area contributed by atoms with Crippen molar-refractivity contribution in [2.45, 2.75) is 51.0 Å². The summed E-state index contributed by atoms with van der Waals surface area (Å²) < 4.78 is 0. The zero-order valence-corrected chi connectivity index (χ0v) is 10.7. The van der Waals surface area contributed by atoms with Gasteiger partial charge >= 0.3 is 12.0 Å². The Morgan fingerprint density at radius 3 is 2.28 bits per heavy atom. The van der Waals surface area contributed by atoms with Crippen LogP contribution < -0.4 is 5.32 Å². The van der Waals surface area contributed by atoms with Crippen LogP contribution in [0.5, 0.6) is 0 Å². The molecular formula is C13H22N2O3. The second-order valence-corrected chi connectivity index (χ2v) is 5.46. The van der Waals surface area contributed by atoms with Crippen molar-refractivity contribution < 1.29 is 14.7 Å². The SMILES string of the molecule is O=C(O)CC1CCN(C(=O)NC2CCCC2)CC1. The molecular weight excluding hydrogens is 232 g/mol. The Hall–Kier alpha value is -1.26. The van der Waals surface area contributed by atoms with Gasteiger partial charge in [0.2, 0.25) is 0 Å². The monoisotopic (exact) mass is 254 g/mol. The van der Waals surface area contributed by atoms with Gasteiger partial charge in [-0.2, -0.15) is 0 Å². The van der Waals surface area contributed by atoms with Crippen molar-refractivity contribution in [2.75, 3.05) is 13.1 Å². The molecule has 0 aromatic carbocycles. The highest BCUT2D eigenvalue weighted by Gasteiger charge is 2.26. The zero-order chi connectivity index (χ0) is 13.0. The first-order valence-corrected chi connectivity index (χ1v) is 6.92. The van der Waals surface area contributed by atoms with Gasteiger partial charge in [0.1, 0.15) is 0 Å². The van der Waals surface area contributed by atoms with Crippen LogP contribution in [0.2, 0.25) is 0 Å². The molecule has 2 aliphatic rings. The number of carbonyl (C=O) groups is 2. The number of hydrogen-bond donors (Lipinski definition) is 2. The minimum absolute atomic E-state index is 0.0377. The number of carbonyl (C=O) groups excluding carboxylic acids is 1. The molecule has 2 amide bonds. The molecule has 5 nitrogen and oxygen atoms in total. The smallest absolute Gasteiger partial charge is 0.317 e. The predicted molar refractivity (Wildman–Crippen MR) is 67.3 cm³/mol. The van der Waals surface area contributed by atoms with E-state index in [0.717, 1.165) is 25.7 Å². The molecule has 1 aliphatic heterocycles. The molecule has 0 atom stereocenters. The lowest BCUT2D eigenvalue weighted by Crippen LogP contribution is -2.47. The van der Waals surface area contributed by atoms with E-state index in [4.69, 9.17) is 5.11 Å². The standard InChI is InChI=1S/C13H22N2O3/c16-12(17)9-10-5-7-15(8-6-10)13(18)14-11-3-1-2-4-11/h10-11H,1-9H2,(H,14,18)(H,16,17). The van der Waals surface area contributed by atoms with Gasteiger partial charge in [-0.05, 0) is 31.6 Å². The van der Waals surface area contributed by atoms with Crippen LogP contribution in [0.15, 0.2) is 0 Å². The number of likely N-dealkylation sites (tertiary alicyclic amines) is 1. The molecule has 1 saturated heterocycles. The van der Waals surface area contributed by atoms with Crippen molar-refractivity contribution in [1.29, 1.82) is 0 Å². The molecule has 1 saturated carbocycles. The first-order valence-electron chi connectivity index (χ1n) is 6.92. The second kappa shape index (κ2) is 6.07. The Morgan fingerprint density at radius 1 is 1.11 bits per heavy atom. The average Bonchev–Trinajstić information content (AvgIpc) is 2.82. The molecule has 2 N–H and O–H groups in total. The van der Waals surface area contributed by atoms with Gasteiger partial charge in [-0.15, -0.1) is 0 Å². The lowest BCUT2D eigenvalue weighted by Gasteiger charge is -2.32. The van der Waals surface area contributed by atoms with Crippen LogP contribution in [-0.2, 0) is 4.79 Å². The first kappa shape index (κ1) is 13.2. The molecule has 0 spiro atoms. The molecule has 1 aliphatic carbocycles. The maximum Gasteiger partial charge on any atom is 0.317 e. The number of carboxylic acids is 1. The van der Waals surface area contributed by atoms with Crippen LogP contribution in [0.4, 0.5) is 4.79 Å². The number of nitrogens with zero attached hydrogens (tertiary/aromatic N) is 1. The van der Waals surface area contributed by atoms with Crippen LogP contribution in [0.3, 0.4) is 0 Å². The highest BCUT2D eigenvalue weighted by molar-refractivity contribution is 5.74. The summed E-state index contributed by atoms with van der Waals surface area (Å²) in [6.45, 7) is 1.38. The quantitative estimate of drug-likeness (QED) is 0.807. The van der Waals surface area contributed by atoms with Crippen LogP contribution in [0.25, 0.3) is 0 Å². The van der Waals surface area contributed by atoms with Gasteiger partial charge in [0.25, 0.3) is 0 Å². The van der Waals surface area contributed by atoms with E-state index in [1.807, 2.05) is 4.90 Å². The summed E-state index contributed by atoms with van der Waals surface area (Å²) in [6, 6.07) is 0.393. The highest BCUT2D eigenvalue weighted by atomic mass is 16.4. The van der Waals surface area contributed by atoms with Gasteiger partial charge < -0.3 is 15.3 Å². The number of urea groups is 1. The van der Waals surface area contributed by atoms with E-state index in [9.17, 15) is 9.59 Å². The van der Waals surface area contributed by atoms with Crippen molar-refractivity contribution in [1.82, 2.24) is 10.2 Å². The topological polar surface area (TPSA) is 69.6 Å². The fourth-order valence-electron chi connectivity index (χ4n) is 2.92. The summed E-state index contributed by atoms with van der Waals surface area (Å²) >= 11 is 0. The Kier molecular flexibility index (Phi) is 4.44. The third-order valence-corrected chi connectivity index (χ3v) is 4.05. The van der Waals surface area contributed by atoms with Crippen LogP contribution in [-0.4, -0.2) is 41.1 Å². The zero-order valence-electron chi connectivity index (χ0n) is 10.7. The summed E-state index contributed by atoms with van der Waals surface area (Å²) in [5.41, 5.74) is 0.